The molecule has 4 rings (SSSR count). The Balaban J connectivity index is 1.91. The second-order valence-electron chi connectivity index (χ2n) is 6.76. The number of fused-ring (bicyclic) bond motifs is 1. The quantitative estimate of drug-likeness (QED) is 0.922. The third-order valence-corrected chi connectivity index (χ3v) is 5.07. The van der Waals surface area contributed by atoms with E-state index in [9.17, 15) is 9.18 Å². The van der Waals surface area contributed by atoms with Crippen LogP contribution in [-0.2, 0) is 11.8 Å². The largest absolute Gasteiger partial charge is 0.311 e. The summed E-state index contributed by atoms with van der Waals surface area (Å²) in [5.74, 6) is 0.935. The third kappa shape index (κ3) is 2.18. The molecule has 120 valence electrons. The number of halogens is 1. The van der Waals surface area contributed by atoms with Crippen molar-refractivity contribution in [1.29, 1.82) is 0 Å². The molecule has 0 saturated heterocycles. The summed E-state index contributed by atoms with van der Waals surface area (Å²) in [6.45, 7) is 3.57. The molecule has 0 spiro atoms. The molecule has 1 aromatic carbocycles. The molecular formula is C18H20FN3O. The molecule has 23 heavy (non-hydrogen) atoms. The van der Waals surface area contributed by atoms with Crippen molar-refractivity contribution >= 4 is 11.7 Å². The van der Waals surface area contributed by atoms with Crippen molar-refractivity contribution in [2.24, 2.45) is 7.05 Å². The number of aromatic nitrogens is 2. The van der Waals surface area contributed by atoms with Gasteiger partial charge in [-0.2, -0.15) is 5.10 Å². The van der Waals surface area contributed by atoms with Crippen LogP contribution in [0, 0.1) is 19.7 Å². The van der Waals surface area contributed by atoms with Gasteiger partial charge in [-0.3, -0.25) is 9.48 Å². The first-order chi connectivity index (χ1) is 11.0. The fourth-order valence-electron chi connectivity index (χ4n) is 3.66. The van der Waals surface area contributed by atoms with Crippen LogP contribution in [0.2, 0.25) is 0 Å². The topological polar surface area (TPSA) is 46.9 Å². The molecule has 1 N–H and O–H groups in total. The number of hydrogen-bond acceptors (Lipinski definition) is 2. The van der Waals surface area contributed by atoms with E-state index in [-0.39, 0.29) is 17.6 Å². The van der Waals surface area contributed by atoms with E-state index in [1.54, 1.807) is 24.6 Å². The van der Waals surface area contributed by atoms with Gasteiger partial charge in [0.15, 0.2) is 0 Å². The van der Waals surface area contributed by atoms with Crippen molar-refractivity contribution in [3.63, 3.8) is 0 Å². The first kappa shape index (κ1) is 14.4. The smallest absolute Gasteiger partial charge is 0.226 e. The molecule has 1 aliphatic heterocycles. The van der Waals surface area contributed by atoms with Crippen LogP contribution in [0.15, 0.2) is 12.1 Å². The van der Waals surface area contributed by atoms with E-state index in [2.05, 4.69) is 10.4 Å². The van der Waals surface area contributed by atoms with Crippen molar-refractivity contribution in [1.82, 2.24) is 9.78 Å². The van der Waals surface area contributed by atoms with E-state index in [4.69, 9.17) is 0 Å². The zero-order valence-electron chi connectivity index (χ0n) is 13.6. The number of nitrogens with zero attached hydrogens (tertiary/aromatic N) is 2. The first-order valence-electron chi connectivity index (χ1n) is 8.09. The maximum absolute atomic E-state index is 14.4. The fraction of sp³-hybridized carbons (Fsp3) is 0.444. The molecule has 0 unspecified atom stereocenters. The molecule has 1 amide bonds. The number of rotatable bonds is 2. The van der Waals surface area contributed by atoms with Gasteiger partial charge >= 0.3 is 0 Å². The number of amides is 1. The Kier molecular flexibility index (Phi) is 3.08. The van der Waals surface area contributed by atoms with Crippen molar-refractivity contribution in [3.8, 4) is 0 Å². The summed E-state index contributed by atoms with van der Waals surface area (Å²) < 4.78 is 16.1. The molecule has 1 atom stereocenters. The Bertz CT molecular complexity index is 820. The molecule has 1 aliphatic carbocycles. The molecule has 1 fully saturated rings. The van der Waals surface area contributed by atoms with Crippen molar-refractivity contribution in [3.05, 3.63) is 45.9 Å². The second kappa shape index (κ2) is 4.91. The van der Waals surface area contributed by atoms with Gasteiger partial charge in [-0.25, -0.2) is 4.39 Å². The summed E-state index contributed by atoms with van der Waals surface area (Å²) in [5, 5.41) is 7.59. The molecule has 2 aliphatic rings. The zero-order valence-corrected chi connectivity index (χ0v) is 13.6. The first-order valence-corrected chi connectivity index (χ1v) is 8.09. The lowest BCUT2D eigenvalue weighted by Crippen LogP contribution is -2.25. The fourth-order valence-corrected chi connectivity index (χ4v) is 3.66. The number of aryl methyl sites for hydroxylation is 2. The van der Waals surface area contributed by atoms with Crippen LogP contribution in [-0.4, -0.2) is 15.7 Å². The minimum Gasteiger partial charge on any atom is -0.311 e. The number of benzene rings is 1. The summed E-state index contributed by atoms with van der Waals surface area (Å²) in [6, 6.07) is 3.77. The van der Waals surface area contributed by atoms with Gasteiger partial charge < -0.3 is 5.32 Å². The molecule has 2 aromatic rings. The normalized spacial score (nSPS) is 20.3. The van der Waals surface area contributed by atoms with Crippen molar-refractivity contribution < 1.29 is 9.18 Å². The monoisotopic (exact) mass is 313 g/mol. The highest BCUT2D eigenvalue weighted by atomic mass is 19.1. The zero-order chi connectivity index (χ0) is 16.3. The predicted octanol–water partition coefficient (Wildman–Crippen LogP) is 3.53. The lowest BCUT2D eigenvalue weighted by Gasteiger charge is -2.26. The Labute approximate surface area is 134 Å². The highest BCUT2D eigenvalue weighted by Crippen LogP contribution is 2.48. The number of anilines is 1. The van der Waals surface area contributed by atoms with Gasteiger partial charge in [0, 0.05) is 30.9 Å². The maximum atomic E-state index is 14.4. The summed E-state index contributed by atoms with van der Waals surface area (Å²) in [6.07, 6.45) is 2.64. The third-order valence-electron chi connectivity index (χ3n) is 5.07. The van der Waals surface area contributed by atoms with Crippen LogP contribution < -0.4 is 5.32 Å². The molecule has 0 radical (unpaired) electrons. The molecular weight excluding hydrogens is 293 g/mol. The van der Waals surface area contributed by atoms with Gasteiger partial charge in [-0.1, -0.05) is 12.1 Å². The van der Waals surface area contributed by atoms with E-state index in [1.807, 2.05) is 13.1 Å². The highest BCUT2D eigenvalue weighted by Gasteiger charge is 2.39. The predicted molar refractivity (Wildman–Crippen MR) is 86.1 cm³/mol. The maximum Gasteiger partial charge on any atom is 0.226 e. The summed E-state index contributed by atoms with van der Waals surface area (Å²) in [4.78, 5) is 12.2. The number of hydrogen-bond donors (Lipinski definition) is 1. The number of carbonyl (C=O) groups excluding carboxylic acids is 1. The average molecular weight is 313 g/mol. The second-order valence-corrected chi connectivity index (χ2v) is 6.76. The van der Waals surface area contributed by atoms with E-state index in [0.717, 1.165) is 35.5 Å². The van der Waals surface area contributed by atoms with Gasteiger partial charge in [0.1, 0.15) is 11.6 Å². The SMILES string of the molecule is Cc1ccc([C@@H]2CC(=O)Nc3c2c(C2CC2)nn3C)c(C)c1F. The van der Waals surface area contributed by atoms with Crippen LogP contribution >= 0.6 is 0 Å². The molecule has 1 saturated carbocycles. The summed E-state index contributed by atoms with van der Waals surface area (Å²) in [7, 11) is 1.86. The lowest BCUT2D eigenvalue weighted by atomic mass is 9.82. The molecule has 0 bridgehead atoms. The Morgan fingerprint density at radius 2 is 2.04 bits per heavy atom. The van der Waals surface area contributed by atoms with E-state index in [0.29, 0.717) is 23.5 Å². The van der Waals surface area contributed by atoms with E-state index < -0.39 is 0 Å². The van der Waals surface area contributed by atoms with Crippen molar-refractivity contribution in [2.45, 2.75) is 44.9 Å². The van der Waals surface area contributed by atoms with Gasteiger partial charge in [0.25, 0.3) is 0 Å². The van der Waals surface area contributed by atoms with Gasteiger partial charge in [0.05, 0.1) is 5.69 Å². The van der Waals surface area contributed by atoms with Gasteiger partial charge in [0.2, 0.25) is 5.91 Å². The molecule has 1 aromatic heterocycles. The van der Waals surface area contributed by atoms with Crippen LogP contribution in [0.25, 0.3) is 0 Å². The highest BCUT2D eigenvalue weighted by molar-refractivity contribution is 5.94. The number of nitrogens with one attached hydrogen (secondary N) is 1. The van der Waals surface area contributed by atoms with E-state index >= 15 is 0 Å². The van der Waals surface area contributed by atoms with E-state index in [1.165, 1.54) is 0 Å². The standard InChI is InChI=1S/C18H20FN3O/c1-9-4-7-12(10(2)16(9)19)13-8-14(23)20-18-15(13)17(11-5-6-11)21-22(18)3/h4,7,11,13H,5-6,8H2,1-3H3,(H,20,23)/t13-/m0/s1. The molecule has 2 heterocycles. The minimum atomic E-state index is -0.174. The average Bonchev–Trinajstić information content (AvgIpc) is 3.30. The van der Waals surface area contributed by atoms with Crippen LogP contribution in [0.1, 0.15) is 59.0 Å². The Morgan fingerprint density at radius 1 is 1.30 bits per heavy atom. The molecule has 5 heteroatoms. The minimum absolute atomic E-state index is 0.0340. The Morgan fingerprint density at radius 3 is 2.74 bits per heavy atom. The number of carbonyl (C=O) groups is 1. The Hall–Kier alpha value is -2.17. The van der Waals surface area contributed by atoms with Crippen LogP contribution in [0.3, 0.4) is 0 Å². The lowest BCUT2D eigenvalue weighted by molar-refractivity contribution is -0.116. The van der Waals surface area contributed by atoms with Crippen LogP contribution in [0.5, 0.6) is 0 Å². The van der Waals surface area contributed by atoms with Crippen LogP contribution in [0.4, 0.5) is 10.2 Å². The summed E-state index contributed by atoms with van der Waals surface area (Å²) >= 11 is 0. The van der Waals surface area contributed by atoms with Crippen molar-refractivity contribution in [2.75, 3.05) is 5.32 Å². The molecule has 4 nitrogen and oxygen atoms in total. The summed E-state index contributed by atoms with van der Waals surface area (Å²) in [5.41, 5.74) is 4.34. The van der Waals surface area contributed by atoms with Gasteiger partial charge in [-0.15, -0.1) is 0 Å². The van der Waals surface area contributed by atoms with Gasteiger partial charge in [-0.05, 0) is 43.4 Å².